The number of nitrogen functional groups attached to an aromatic ring is 1. The third kappa shape index (κ3) is 5.76. The van der Waals surface area contributed by atoms with E-state index in [2.05, 4.69) is 28.6 Å². The maximum absolute atomic E-state index is 14.1. The van der Waals surface area contributed by atoms with Crippen LogP contribution >= 0.6 is 0 Å². The average Bonchev–Trinajstić information content (AvgIpc) is 3.43. The molecule has 0 atom stereocenters. The number of amides is 2. The quantitative estimate of drug-likeness (QED) is 0.497. The molecule has 1 aliphatic heterocycles. The van der Waals surface area contributed by atoms with Gasteiger partial charge in [-0.25, -0.2) is 4.39 Å². The van der Waals surface area contributed by atoms with E-state index in [0.717, 1.165) is 25.9 Å². The highest BCUT2D eigenvalue weighted by Crippen LogP contribution is 2.26. The molecule has 0 saturated carbocycles. The fraction of sp³-hybridized carbons (Fsp3) is 0.286. The summed E-state index contributed by atoms with van der Waals surface area (Å²) in [5.41, 5.74) is 10.8. The molecule has 1 saturated heterocycles. The maximum Gasteiger partial charge on any atom is 0.255 e. The summed E-state index contributed by atoms with van der Waals surface area (Å²) in [5.74, 6) is 4.09. The van der Waals surface area contributed by atoms with E-state index in [9.17, 15) is 14.0 Å². The maximum atomic E-state index is 14.1. The van der Waals surface area contributed by atoms with Crippen LogP contribution in [0.25, 0.3) is 0 Å². The van der Waals surface area contributed by atoms with Gasteiger partial charge in [-0.15, -0.1) is 0 Å². The highest BCUT2D eigenvalue weighted by molar-refractivity contribution is 5.99. The molecule has 3 rings (SSSR count). The zero-order chi connectivity index (χ0) is 23.0. The number of primary amides is 1. The van der Waals surface area contributed by atoms with E-state index in [0.29, 0.717) is 5.75 Å². The number of likely N-dealkylation sites (tertiary alicyclic amines) is 1. The Morgan fingerprint density at radius 3 is 2.48 bits per heavy atom. The fourth-order valence-electron chi connectivity index (χ4n) is 2.82. The SMILES string of the molecule is C=CC(=O)N1CCCC1.COc1cc(C#Cc2[nH]nc(N)c2C(N)=O)c(F)c(OC)c1. The minimum absolute atomic E-state index is 0.0112. The Morgan fingerprint density at radius 1 is 1.26 bits per heavy atom. The zero-order valence-corrected chi connectivity index (χ0v) is 17.3. The number of methoxy groups -OCH3 is 2. The Hall–Kier alpha value is -4.00. The molecule has 31 heavy (non-hydrogen) atoms. The standard InChI is InChI=1S/C14H13FN4O3.C7H11NO/c1-21-8-5-7(12(15)10(6-8)22-2)3-4-9-11(14(17)20)13(16)19-18-9;1-2-7(9)8-5-3-4-6-8/h5-6H,1-2H3,(H2,17,20)(H3,16,18,19);2H,1,3-6H2. The van der Waals surface area contributed by atoms with Gasteiger partial charge in [0.05, 0.1) is 19.8 Å². The summed E-state index contributed by atoms with van der Waals surface area (Å²) in [6.07, 6.45) is 3.68. The lowest BCUT2D eigenvalue weighted by molar-refractivity contribution is -0.124. The first-order chi connectivity index (χ1) is 14.8. The number of carbonyl (C=O) groups excluding carboxylic acids is 2. The molecular formula is C21H24FN5O4. The van der Waals surface area contributed by atoms with Crippen LogP contribution in [-0.4, -0.2) is 54.2 Å². The highest BCUT2D eigenvalue weighted by Gasteiger charge is 2.15. The van der Waals surface area contributed by atoms with Gasteiger partial charge in [0.25, 0.3) is 5.91 Å². The van der Waals surface area contributed by atoms with Gasteiger partial charge in [0.15, 0.2) is 17.4 Å². The number of benzene rings is 1. The average molecular weight is 429 g/mol. The molecule has 2 aromatic rings. The van der Waals surface area contributed by atoms with Gasteiger partial charge in [-0.3, -0.25) is 14.7 Å². The van der Waals surface area contributed by atoms with E-state index >= 15 is 0 Å². The molecule has 1 fully saturated rings. The predicted octanol–water partition coefficient (Wildman–Crippen LogP) is 1.44. The van der Waals surface area contributed by atoms with E-state index in [4.69, 9.17) is 20.9 Å². The van der Waals surface area contributed by atoms with E-state index in [1.54, 1.807) is 0 Å². The van der Waals surface area contributed by atoms with E-state index in [1.165, 1.54) is 32.4 Å². The number of H-pyrrole nitrogens is 1. The number of nitrogens with two attached hydrogens (primary N) is 2. The number of rotatable bonds is 4. The van der Waals surface area contributed by atoms with Crippen molar-refractivity contribution in [1.29, 1.82) is 0 Å². The summed E-state index contributed by atoms with van der Waals surface area (Å²) >= 11 is 0. The van der Waals surface area contributed by atoms with Crippen molar-refractivity contribution in [2.24, 2.45) is 5.73 Å². The van der Waals surface area contributed by atoms with Crippen molar-refractivity contribution in [3.8, 4) is 23.3 Å². The van der Waals surface area contributed by atoms with Crippen LogP contribution in [0.4, 0.5) is 10.2 Å². The lowest BCUT2D eigenvalue weighted by Gasteiger charge is -2.10. The lowest BCUT2D eigenvalue weighted by atomic mass is 10.1. The molecule has 1 aromatic carbocycles. The van der Waals surface area contributed by atoms with E-state index < -0.39 is 11.7 Å². The molecule has 10 heteroatoms. The summed E-state index contributed by atoms with van der Waals surface area (Å²) in [7, 11) is 2.76. The smallest absolute Gasteiger partial charge is 0.255 e. The molecule has 0 bridgehead atoms. The second kappa shape index (κ2) is 10.7. The molecular weight excluding hydrogens is 405 g/mol. The van der Waals surface area contributed by atoms with Crippen molar-refractivity contribution in [1.82, 2.24) is 15.1 Å². The number of anilines is 1. The van der Waals surface area contributed by atoms with Crippen LogP contribution < -0.4 is 20.9 Å². The van der Waals surface area contributed by atoms with Gasteiger partial charge < -0.3 is 25.8 Å². The van der Waals surface area contributed by atoms with Crippen LogP contribution in [0.3, 0.4) is 0 Å². The molecule has 1 aliphatic rings. The fourth-order valence-corrected chi connectivity index (χ4v) is 2.82. The summed E-state index contributed by atoms with van der Waals surface area (Å²) in [6.45, 7) is 5.26. The molecule has 2 amide bonds. The number of hydrogen-bond donors (Lipinski definition) is 3. The highest BCUT2D eigenvalue weighted by atomic mass is 19.1. The summed E-state index contributed by atoms with van der Waals surface area (Å²) in [6, 6.07) is 2.79. The number of hydrogen-bond acceptors (Lipinski definition) is 6. The van der Waals surface area contributed by atoms with Crippen LogP contribution in [0.2, 0.25) is 0 Å². The van der Waals surface area contributed by atoms with Gasteiger partial charge in [0.2, 0.25) is 5.91 Å². The zero-order valence-electron chi connectivity index (χ0n) is 17.3. The summed E-state index contributed by atoms with van der Waals surface area (Å²) in [5, 5.41) is 6.11. The Labute approximate surface area is 179 Å². The van der Waals surface area contributed by atoms with Gasteiger partial charge in [-0.05, 0) is 30.9 Å². The van der Waals surface area contributed by atoms with Crippen LogP contribution in [0.15, 0.2) is 24.8 Å². The lowest BCUT2D eigenvalue weighted by Crippen LogP contribution is -2.25. The number of aromatic amines is 1. The van der Waals surface area contributed by atoms with Gasteiger partial charge in [0.1, 0.15) is 17.0 Å². The van der Waals surface area contributed by atoms with Crippen molar-refractivity contribution in [2.75, 3.05) is 33.0 Å². The first kappa shape index (κ1) is 23.3. The first-order valence-corrected chi connectivity index (χ1v) is 9.30. The van der Waals surface area contributed by atoms with Crippen molar-refractivity contribution in [3.63, 3.8) is 0 Å². The first-order valence-electron chi connectivity index (χ1n) is 9.30. The van der Waals surface area contributed by atoms with Crippen LogP contribution in [0, 0.1) is 17.7 Å². The molecule has 5 N–H and O–H groups in total. The molecule has 0 spiro atoms. The van der Waals surface area contributed by atoms with Crippen LogP contribution in [-0.2, 0) is 4.79 Å². The van der Waals surface area contributed by atoms with Gasteiger partial charge in [0, 0.05) is 19.2 Å². The topological polar surface area (TPSA) is 137 Å². The second-order valence-corrected chi connectivity index (χ2v) is 6.40. The van der Waals surface area contributed by atoms with Crippen molar-refractivity contribution in [2.45, 2.75) is 12.8 Å². The normalized spacial score (nSPS) is 12.2. The Bertz CT molecular complexity index is 1030. The molecule has 9 nitrogen and oxygen atoms in total. The Balaban J connectivity index is 0.000000316. The molecule has 0 unspecified atom stereocenters. The van der Waals surface area contributed by atoms with E-state index in [1.807, 2.05) is 4.90 Å². The molecule has 2 heterocycles. The minimum atomic E-state index is -0.778. The number of nitrogens with zero attached hydrogens (tertiary/aromatic N) is 2. The van der Waals surface area contributed by atoms with Crippen molar-refractivity contribution >= 4 is 17.6 Å². The molecule has 164 valence electrons. The molecule has 0 radical (unpaired) electrons. The number of aromatic nitrogens is 2. The van der Waals surface area contributed by atoms with Gasteiger partial charge in [-0.2, -0.15) is 5.10 Å². The van der Waals surface area contributed by atoms with Gasteiger partial charge in [-0.1, -0.05) is 12.5 Å². The third-order valence-corrected chi connectivity index (χ3v) is 4.42. The number of carbonyl (C=O) groups is 2. The number of nitrogens with one attached hydrogen (secondary N) is 1. The van der Waals surface area contributed by atoms with E-state index in [-0.39, 0.29) is 34.3 Å². The third-order valence-electron chi connectivity index (χ3n) is 4.42. The van der Waals surface area contributed by atoms with Crippen molar-refractivity contribution in [3.05, 3.63) is 47.4 Å². The second-order valence-electron chi connectivity index (χ2n) is 6.40. The number of ether oxygens (including phenoxy) is 2. The molecule has 0 aliphatic carbocycles. The molecule has 1 aromatic heterocycles. The van der Waals surface area contributed by atoms with Crippen molar-refractivity contribution < 1.29 is 23.5 Å². The minimum Gasteiger partial charge on any atom is -0.497 e. The summed E-state index contributed by atoms with van der Waals surface area (Å²) < 4.78 is 24.1. The Kier molecular flexibility index (Phi) is 8.02. The summed E-state index contributed by atoms with van der Waals surface area (Å²) in [4.78, 5) is 23.9. The van der Waals surface area contributed by atoms with Crippen LogP contribution in [0.1, 0.15) is 34.5 Å². The largest absolute Gasteiger partial charge is 0.497 e. The van der Waals surface area contributed by atoms with Gasteiger partial charge >= 0.3 is 0 Å². The monoisotopic (exact) mass is 429 g/mol. The predicted molar refractivity (Wildman–Crippen MR) is 113 cm³/mol. The number of halogens is 1. The van der Waals surface area contributed by atoms with Crippen LogP contribution in [0.5, 0.6) is 11.5 Å². The Morgan fingerprint density at radius 2 is 1.94 bits per heavy atom.